The van der Waals surface area contributed by atoms with Crippen LogP contribution in [0.2, 0.25) is 0 Å². The maximum Gasteiger partial charge on any atom is 0.191 e. The molecular formula is C21H29FN4OS. The van der Waals surface area contributed by atoms with Crippen LogP contribution < -0.4 is 20.3 Å². The van der Waals surface area contributed by atoms with Crippen LogP contribution in [-0.4, -0.2) is 44.8 Å². The number of guanidine groups is 1. The summed E-state index contributed by atoms with van der Waals surface area (Å²) in [6.07, 6.45) is 2.79. The van der Waals surface area contributed by atoms with Crippen molar-refractivity contribution in [1.82, 2.24) is 10.6 Å². The van der Waals surface area contributed by atoms with Gasteiger partial charge in [-0.2, -0.15) is 0 Å². The number of hydrogen-bond acceptors (Lipinski definition) is 4. The second-order valence-corrected chi connectivity index (χ2v) is 7.81. The average molecular weight is 405 g/mol. The van der Waals surface area contributed by atoms with Crippen LogP contribution in [0.5, 0.6) is 5.75 Å². The fraction of sp³-hybridized carbons (Fsp3) is 0.476. The third-order valence-corrected chi connectivity index (χ3v) is 5.89. The molecule has 2 heterocycles. The lowest BCUT2D eigenvalue weighted by Gasteiger charge is -2.33. The summed E-state index contributed by atoms with van der Waals surface area (Å²) in [6, 6.07) is 11.2. The van der Waals surface area contributed by atoms with E-state index in [0.717, 1.165) is 38.3 Å². The molecule has 7 heteroatoms. The van der Waals surface area contributed by atoms with Gasteiger partial charge in [-0.15, -0.1) is 11.3 Å². The summed E-state index contributed by atoms with van der Waals surface area (Å²) < 4.78 is 19.6. The van der Waals surface area contributed by atoms with Gasteiger partial charge in [0, 0.05) is 26.2 Å². The molecule has 1 aliphatic heterocycles. The number of hydrogen-bond donors (Lipinski definition) is 2. The summed E-state index contributed by atoms with van der Waals surface area (Å²) >= 11 is 1.79. The SMILES string of the molecule is CCC(CNC(=NC)NC1CCN(c2cccs2)CC1)Oc1ccccc1F. The number of nitrogens with zero attached hydrogens (tertiary/aromatic N) is 2. The van der Waals surface area contributed by atoms with Gasteiger partial charge in [-0.05, 0) is 48.9 Å². The molecule has 0 radical (unpaired) electrons. The van der Waals surface area contributed by atoms with Crippen LogP contribution >= 0.6 is 11.3 Å². The van der Waals surface area contributed by atoms with E-state index in [9.17, 15) is 4.39 Å². The molecule has 0 bridgehead atoms. The zero-order chi connectivity index (χ0) is 19.8. The molecule has 1 fully saturated rings. The Bertz CT molecular complexity index is 745. The van der Waals surface area contributed by atoms with Crippen molar-refractivity contribution in [1.29, 1.82) is 0 Å². The molecule has 1 unspecified atom stereocenters. The van der Waals surface area contributed by atoms with E-state index < -0.39 is 0 Å². The van der Waals surface area contributed by atoms with E-state index in [1.54, 1.807) is 36.6 Å². The number of ether oxygens (including phenoxy) is 1. The van der Waals surface area contributed by atoms with Crippen molar-refractivity contribution in [3.63, 3.8) is 0 Å². The van der Waals surface area contributed by atoms with Crippen molar-refractivity contribution in [3.8, 4) is 5.75 Å². The van der Waals surface area contributed by atoms with E-state index in [1.807, 2.05) is 6.92 Å². The molecule has 2 aromatic rings. The monoisotopic (exact) mass is 404 g/mol. The predicted molar refractivity (Wildman–Crippen MR) is 115 cm³/mol. The number of aliphatic imine (C=N–C) groups is 1. The normalized spacial score (nSPS) is 16.7. The third kappa shape index (κ3) is 5.61. The van der Waals surface area contributed by atoms with Crippen molar-refractivity contribution >= 4 is 22.3 Å². The molecule has 1 aromatic heterocycles. The molecule has 0 saturated carbocycles. The Labute approximate surface area is 170 Å². The molecule has 1 saturated heterocycles. The van der Waals surface area contributed by atoms with Crippen LogP contribution in [0.4, 0.5) is 9.39 Å². The molecule has 0 amide bonds. The van der Waals surface area contributed by atoms with Gasteiger partial charge in [0.25, 0.3) is 0 Å². The number of para-hydroxylation sites is 1. The second kappa shape index (κ2) is 10.3. The van der Waals surface area contributed by atoms with E-state index >= 15 is 0 Å². The van der Waals surface area contributed by atoms with E-state index in [2.05, 4.69) is 38.0 Å². The number of halogens is 1. The maximum atomic E-state index is 13.8. The summed E-state index contributed by atoms with van der Waals surface area (Å²) in [6.45, 7) is 4.69. The fourth-order valence-corrected chi connectivity index (χ4v) is 4.07. The second-order valence-electron chi connectivity index (χ2n) is 6.89. The van der Waals surface area contributed by atoms with Crippen molar-refractivity contribution in [2.45, 2.75) is 38.3 Å². The van der Waals surface area contributed by atoms with Gasteiger partial charge in [-0.3, -0.25) is 4.99 Å². The molecule has 28 heavy (non-hydrogen) atoms. The average Bonchev–Trinajstić information content (AvgIpc) is 3.26. The van der Waals surface area contributed by atoms with Crippen LogP contribution in [-0.2, 0) is 0 Å². The topological polar surface area (TPSA) is 48.9 Å². The minimum atomic E-state index is -0.332. The van der Waals surface area contributed by atoms with Gasteiger partial charge in [-0.25, -0.2) is 4.39 Å². The summed E-state index contributed by atoms with van der Waals surface area (Å²) in [5, 5.41) is 10.3. The number of anilines is 1. The largest absolute Gasteiger partial charge is 0.486 e. The van der Waals surface area contributed by atoms with E-state index in [1.165, 1.54) is 11.1 Å². The Morgan fingerprint density at radius 1 is 1.29 bits per heavy atom. The van der Waals surface area contributed by atoms with E-state index in [0.29, 0.717) is 18.3 Å². The van der Waals surface area contributed by atoms with Crippen LogP contribution in [0, 0.1) is 5.82 Å². The first-order valence-electron chi connectivity index (χ1n) is 9.86. The molecule has 1 aromatic carbocycles. The van der Waals surface area contributed by atoms with Gasteiger partial charge in [-0.1, -0.05) is 19.1 Å². The lowest BCUT2D eigenvalue weighted by Crippen LogP contribution is -2.50. The number of rotatable bonds is 7. The Hall–Kier alpha value is -2.28. The Kier molecular flexibility index (Phi) is 7.54. The summed E-state index contributed by atoms with van der Waals surface area (Å²) in [5.41, 5.74) is 0. The van der Waals surface area contributed by atoms with Crippen molar-refractivity contribution in [3.05, 3.63) is 47.6 Å². The molecule has 0 aliphatic carbocycles. The standard InChI is InChI=1S/C21H29FN4OS/c1-3-17(27-19-8-5-4-7-18(19)22)15-24-21(23-2)25-16-10-12-26(13-11-16)20-9-6-14-28-20/h4-9,14,16-17H,3,10-13,15H2,1-2H3,(H2,23,24,25). The van der Waals surface area contributed by atoms with Crippen molar-refractivity contribution in [2.24, 2.45) is 4.99 Å². The molecule has 0 spiro atoms. The molecule has 1 aliphatic rings. The number of benzene rings is 1. The highest BCUT2D eigenvalue weighted by molar-refractivity contribution is 7.14. The maximum absolute atomic E-state index is 13.8. The summed E-state index contributed by atoms with van der Waals surface area (Å²) in [7, 11) is 1.77. The van der Waals surface area contributed by atoms with E-state index in [4.69, 9.17) is 4.74 Å². The predicted octanol–water partition coefficient (Wildman–Crippen LogP) is 3.88. The first-order valence-corrected chi connectivity index (χ1v) is 10.7. The zero-order valence-corrected chi connectivity index (χ0v) is 17.3. The number of thiophene rings is 1. The molecule has 152 valence electrons. The van der Waals surface area contributed by atoms with Gasteiger partial charge in [0.05, 0.1) is 11.5 Å². The molecular weight excluding hydrogens is 375 g/mol. The van der Waals surface area contributed by atoms with Crippen LogP contribution in [0.25, 0.3) is 0 Å². The molecule has 1 atom stereocenters. The van der Waals surface area contributed by atoms with Crippen LogP contribution in [0.1, 0.15) is 26.2 Å². The lowest BCUT2D eigenvalue weighted by atomic mass is 10.1. The Morgan fingerprint density at radius 2 is 2.07 bits per heavy atom. The highest BCUT2D eigenvalue weighted by Gasteiger charge is 2.21. The highest BCUT2D eigenvalue weighted by Crippen LogP contribution is 2.24. The lowest BCUT2D eigenvalue weighted by molar-refractivity contribution is 0.191. The Morgan fingerprint density at radius 3 is 2.71 bits per heavy atom. The molecule has 3 rings (SSSR count). The number of piperidine rings is 1. The van der Waals surface area contributed by atoms with E-state index in [-0.39, 0.29) is 11.9 Å². The first-order chi connectivity index (χ1) is 13.7. The quantitative estimate of drug-likeness (QED) is 0.543. The minimum absolute atomic E-state index is 0.129. The smallest absolute Gasteiger partial charge is 0.191 e. The Balaban J connectivity index is 1.44. The van der Waals surface area contributed by atoms with Gasteiger partial charge < -0.3 is 20.3 Å². The minimum Gasteiger partial charge on any atom is -0.486 e. The van der Waals surface area contributed by atoms with Gasteiger partial charge in [0.15, 0.2) is 17.5 Å². The fourth-order valence-electron chi connectivity index (χ4n) is 3.28. The third-order valence-electron chi connectivity index (χ3n) is 4.96. The van der Waals surface area contributed by atoms with Crippen LogP contribution in [0.15, 0.2) is 46.8 Å². The van der Waals surface area contributed by atoms with Crippen molar-refractivity contribution in [2.75, 3.05) is 31.6 Å². The molecule has 2 N–H and O–H groups in total. The van der Waals surface area contributed by atoms with Gasteiger partial charge in [0.1, 0.15) is 6.10 Å². The van der Waals surface area contributed by atoms with Gasteiger partial charge >= 0.3 is 0 Å². The summed E-state index contributed by atoms with van der Waals surface area (Å²) in [4.78, 5) is 6.77. The van der Waals surface area contributed by atoms with Crippen LogP contribution in [0.3, 0.4) is 0 Å². The van der Waals surface area contributed by atoms with Gasteiger partial charge in [0.2, 0.25) is 0 Å². The van der Waals surface area contributed by atoms with Crippen molar-refractivity contribution < 1.29 is 9.13 Å². The first kappa shape index (κ1) is 20.5. The summed E-state index contributed by atoms with van der Waals surface area (Å²) in [5.74, 6) is 0.728. The zero-order valence-electron chi connectivity index (χ0n) is 16.5. The molecule has 5 nitrogen and oxygen atoms in total. The number of nitrogens with one attached hydrogen (secondary N) is 2. The highest BCUT2D eigenvalue weighted by atomic mass is 32.1.